The molecule has 16 heavy (non-hydrogen) atoms. The van der Waals surface area contributed by atoms with Gasteiger partial charge in [0.1, 0.15) is 11.5 Å². The fraction of sp³-hybridized carbons (Fsp3) is 0.364. The molecule has 0 aliphatic rings. The van der Waals surface area contributed by atoms with Crippen LogP contribution in [0, 0.1) is 5.82 Å². The van der Waals surface area contributed by atoms with Gasteiger partial charge in [0.05, 0.1) is 6.20 Å². The summed E-state index contributed by atoms with van der Waals surface area (Å²) in [5, 5.41) is 9.57. The zero-order chi connectivity index (χ0) is 11.7. The molecule has 0 aliphatic heterocycles. The van der Waals surface area contributed by atoms with E-state index in [1.807, 2.05) is 17.7 Å². The molecule has 0 aliphatic carbocycles. The van der Waals surface area contributed by atoms with Crippen molar-refractivity contribution in [2.24, 2.45) is 12.8 Å². The maximum atomic E-state index is 13.0. The number of halogens is 1. The zero-order valence-corrected chi connectivity index (χ0v) is 9.02. The predicted octanol–water partition coefficient (Wildman–Crippen LogP) is 1.09. The van der Waals surface area contributed by atoms with Crippen LogP contribution in [-0.2, 0) is 7.05 Å². The quantitative estimate of drug-likeness (QED) is 0.818. The SMILES string of the molecule is Cn1c(C(N)CCO)cc2cc(F)cnc21. The first-order valence-corrected chi connectivity index (χ1v) is 5.11. The van der Waals surface area contributed by atoms with Crippen LogP contribution in [0.25, 0.3) is 11.0 Å². The van der Waals surface area contributed by atoms with Crippen LogP contribution >= 0.6 is 0 Å². The molecule has 0 spiro atoms. The molecule has 1 unspecified atom stereocenters. The average Bonchev–Trinajstić information content (AvgIpc) is 2.56. The number of hydrogen-bond acceptors (Lipinski definition) is 3. The van der Waals surface area contributed by atoms with Crippen LogP contribution in [0.4, 0.5) is 4.39 Å². The molecule has 2 aromatic rings. The molecule has 1 atom stereocenters. The minimum Gasteiger partial charge on any atom is -0.396 e. The number of fused-ring (bicyclic) bond motifs is 1. The highest BCUT2D eigenvalue weighted by Gasteiger charge is 2.13. The van der Waals surface area contributed by atoms with E-state index in [0.29, 0.717) is 12.1 Å². The topological polar surface area (TPSA) is 64.1 Å². The van der Waals surface area contributed by atoms with Gasteiger partial charge in [-0.2, -0.15) is 0 Å². The standard InChI is InChI=1S/C11H14FN3O/c1-15-10(9(13)2-3-16)5-7-4-8(12)6-14-11(7)15/h4-6,9,16H,2-3,13H2,1H3. The van der Waals surface area contributed by atoms with E-state index >= 15 is 0 Å². The highest BCUT2D eigenvalue weighted by molar-refractivity contribution is 5.77. The van der Waals surface area contributed by atoms with Gasteiger partial charge in [-0.15, -0.1) is 0 Å². The smallest absolute Gasteiger partial charge is 0.142 e. The Morgan fingerprint density at radius 1 is 1.56 bits per heavy atom. The molecule has 2 aromatic heterocycles. The van der Waals surface area contributed by atoms with E-state index in [4.69, 9.17) is 10.8 Å². The lowest BCUT2D eigenvalue weighted by Gasteiger charge is -2.10. The third-order valence-electron chi connectivity index (χ3n) is 2.69. The maximum Gasteiger partial charge on any atom is 0.142 e. The number of hydrogen-bond donors (Lipinski definition) is 2. The van der Waals surface area contributed by atoms with Crippen LogP contribution in [-0.4, -0.2) is 21.3 Å². The number of nitrogens with two attached hydrogens (primary N) is 1. The molecule has 0 radical (unpaired) electrons. The van der Waals surface area contributed by atoms with E-state index in [9.17, 15) is 4.39 Å². The fourth-order valence-electron chi connectivity index (χ4n) is 1.86. The van der Waals surface area contributed by atoms with Gasteiger partial charge in [-0.25, -0.2) is 9.37 Å². The van der Waals surface area contributed by atoms with Crippen LogP contribution in [0.1, 0.15) is 18.2 Å². The molecule has 0 bridgehead atoms. The van der Waals surface area contributed by atoms with Crippen LogP contribution in [0.2, 0.25) is 0 Å². The first-order valence-electron chi connectivity index (χ1n) is 5.11. The van der Waals surface area contributed by atoms with E-state index in [1.54, 1.807) is 0 Å². The summed E-state index contributed by atoms with van der Waals surface area (Å²) in [6.07, 6.45) is 1.66. The van der Waals surface area contributed by atoms with Crippen molar-refractivity contribution < 1.29 is 9.50 Å². The van der Waals surface area contributed by atoms with Gasteiger partial charge in [-0.05, 0) is 18.6 Å². The Kier molecular flexibility index (Phi) is 2.89. The van der Waals surface area contributed by atoms with Crippen LogP contribution in [0.15, 0.2) is 18.3 Å². The van der Waals surface area contributed by atoms with Crippen molar-refractivity contribution >= 4 is 11.0 Å². The molecular weight excluding hydrogens is 209 g/mol. The van der Waals surface area contributed by atoms with Gasteiger partial charge in [0.2, 0.25) is 0 Å². The molecule has 0 aromatic carbocycles. The van der Waals surface area contributed by atoms with Gasteiger partial charge in [0.15, 0.2) is 0 Å². The van der Waals surface area contributed by atoms with Crippen molar-refractivity contribution in [2.45, 2.75) is 12.5 Å². The highest BCUT2D eigenvalue weighted by Crippen LogP contribution is 2.22. The monoisotopic (exact) mass is 223 g/mol. The van der Waals surface area contributed by atoms with Crippen LogP contribution in [0.3, 0.4) is 0 Å². The lowest BCUT2D eigenvalue weighted by molar-refractivity contribution is 0.275. The summed E-state index contributed by atoms with van der Waals surface area (Å²) in [6, 6.07) is 2.98. The lowest BCUT2D eigenvalue weighted by Crippen LogP contribution is -2.15. The molecule has 3 N–H and O–H groups in total. The van der Waals surface area contributed by atoms with Crippen molar-refractivity contribution in [3.63, 3.8) is 0 Å². The van der Waals surface area contributed by atoms with Gasteiger partial charge in [-0.1, -0.05) is 0 Å². The second-order valence-electron chi connectivity index (χ2n) is 3.81. The molecule has 5 heteroatoms. The molecule has 86 valence electrons. The molecule has 2 rings (SSSR count). The minimum atomic E-state index is -0.361. The molecule has 0 saturated carbocycles. The summed E-state index contributed by atoms with van der Waals surface area (Å²) in [4.78, 5) is 4.01. The van der Waals surface area contributed by atoms with Gasteiger partial charge in [0.25, 0.3) is 0 Å². The summed E-state index contributed by atoms with van der Waals surface area (Å²) in [5.74, 6) is -0.361. The number of aliphatic hydroxyl groups is 1. The predicted molar refractivity (Wildman–Crippen MR) is 59.3 cm³/mol. The van der Waals surface area contributed by atoms with Crippen LogP contribution in [0.5, 0.6) is 0 Å². The maximum absolute atomic E-state index is 13.0. The van der Waals surface area contributed by atoms with E-state index in [2.05, 4.69) is 4.98 Å². The Morgan fingerprint density at radius 3 is 3.00 bits per heavy atom. The van der Waals surface area contributed by atoms with Crippen LogP contribution < -0.4 is 5.73 Å². The Bertz CT molecular complexity index is 509. The summed E-state index contributed by atoms with van der Waals surface area (Å²) in [7, 11) is 1.83. The van der Waals surface area contributed by atoms with E-state index < -0.39 is 0 Å². The normalized spacial score (nSPS) is 13.2. The Hall–Kier alpha value is -1.46. The summed E-state index contributed by atoms with van der Waals surface area (Å²) < 4.78 is 14.8. The Morgan fingerprint density at radius 2 is 2.31 bits per heavy atom. The van der Waals surface area contributed by atoms with E-state index in [1.165, 1.54) is 12.3 Å². The third-order valence-corrected chi connectivity index (χ3v) is 2.69. The largest absolute Gasteiger partial charge is 0.396 e. The van der Waals surface area contributed by atoms with E-state index in [0.717, 1.165) is 11.1 Å². The van der Waals surface area contributed by atoms with Crippen molar-refractivity contribution in [3.8, 4) is 0 Å². The number of aliphatic hydroxyl groups excluding tert-OH is 1. The van der Waals surface area contributed by atoms with Gasteiger partial charge in [0, 0.05) is 30.8 Å². The second kappa shape index (κ2) is 4.19. The van der Waals surface area contributed by atoms with E-state index in [-0.39, 0.29) is 18.5 Å². The molecule has 4 nitrogen and oxygen atoms in total. The first kappa shape index (κ1) is 11.0. The molecule has 0 saturated heterocycles. The van der Waals surface area contributed by atoms with Crippen molar-refractivity contribution in [1.82, 2.24) is 9.55 Å². The number of rotatable bonds is 3. The third kappa shape index (κ3) is 1.79. The number of pyridine rings is 1. The summed E-state index contributed by atoms with van der Waals surface area (Å²) >= 11 is 0. The van der Waals surface area contributed by atoms with Gasteiger partial charge < -0.3 is 15.4 Å². The zero-order valence-electron chi connectivity index (χ0n) is 9.02. The van der Waals surface area contributed by atoms with Crippen molar-refractivity contribution in [1.29, 1.82) is 0 Å². The highest BCUT2D eigenvalue weighted by atomic mass is 19.1. The number of aryl methyl sites for hydroxylation is 1. The number of aromatic nitrogens is 2. The Labute approximate surface area is 92.5 Å². The van der Waals surface area contributed by atoms with Gasteiger partial charge in [-0.3, -0.25) is 0 Å². The molecule has 0 amide bonds. The lowest BCUT2D eigenvalue weighted by atomic mass is 10.1. The summed E-state index contributed by atoms with van der Waals surface area (Å²) in [5.41, 5.74) is 7.45. The molecule has 2 heterocycles. The van der Waals surface area contributed by atoms with Crippen molar-refractivity contribution in [3.05, 3.63) is 29.8 Å². The molecule has 0 fully saturated rings. The van der Waals surface area contributed by atoms with Gasteiger partial charge >= 0.3 is 0 Å². The second-order valence-corrected chi connectivity index (χ2v) is 3.81. The average molecular weight is 223 g/mol. The number of nitrogens with zero attached hydrogens (tertiary/aromatic N) is 2. The Balaban J connectivity index is 2.51. The first-order chi connectivity index (χ1) is 7.63. The fourth-order valence-corrected chi connectivity index (χ4v) is 1.86. The van der Waals surface area contributed by atoms with Crippen molar-refractivity contribution in [2.75, 3.05) is 6.61 Å². The minimum absolute atomic E-state index is 0.0322. The molecular formula is C11H14FN3O. The summed E-state index contributed by atoms with van der Waals surface area (Å²) in [6.45, 7) is 0.0322.